The first-order valence-corrected chi connectivity index (χ1v) is 11.8. The molecule has 1 saturated heterocycles. The van der Waals surface area contributed by atoms with Crippen LogP contribution in [0.1, 0.15) is 65.4 Å². The number of nitrogens with zero attached hydrogens (tertiary/aromatic N) is 2. The van der Waals surface area contributed by atoms with Gasteiger partial charge in [0.1, 0.15) is 5.76 Å². The van der Waals surface area contributed by atoms with E-state index in [1.165, 1.54) is 0 Å². The standard InChI is InChI=1S/C26H28N2O5/c29-21-7-4-8-24-25(21)19(27-33-24)9-10-22(30)26-20(28-11-13-32-14-12-28)15-18(16-23(26)31)17-5-2-1-3-6-17/h1-3,5-6,18H,4,7-16H2. The number of allylic oxidation sites excluding steroid dienone is 2. The van der Waals surface area contributed by atoms with E-state index in [-0.39, 0.29) is 29.7 Å². The summed E-state index contributed by atoms with van der Waals surface area (Å²) in [6, 6.07) is 10.0. The predicted molar refractivity (Wildman–Crippen MR) is 120 cm³/mol. The van der Waals surface area contributed by atoms with E-state index in [1.807, 2.05) is 30.3 Å². The van der Waals surface area contributed by atoms with E-state index < -0.39 is 0 Å². The largest absolute Gasteiger partial charge is 0.378 e. The maximum absolute atomic E-state index is 13.4. The van der Waals surface area contributed by atoms with Gasteiger partial charge >= 0.3 is 0 Å². The molecule has 1 fully saturated rings. The van der Waals surface area contributed by atoms with Gasteiger partial charge in [-0.3, -0.25) is 14.4 Å². The molecule has 0 saturated carbocycles. The molecular formula is C26H28N2O5. The molecule has 7 heteroatoms. The van der Waals surface area contributed by atoms with Gasteiger partial charge in [0.2, 0.25) is 0 Å². The van der Waals surface area contributed by atoms with Crippen LogP contribution in [0.15, 0.2) is 46.1 Å². The monoisotopic (exact) mass is 448 g/mol. The lowest BCUT2D eigenvalue weighted by Crippen LogP contribution is -2.40. The summed E-state index contributed by atoms with van der Waals surface area (Å²) in [5.41, 5.74) is 3.38. The highest BCUT2D eigenvalue weighted by molar-refractivity contribution is 6.21. The van der Waals surface area contributed by atoms with Crippen molar-refractivity contribution in [2.75, 3.05) is 26.3 Å². The molecule has 2 heterocycles. The summed E-state index contributed by atoms with van der Waals surface area (Å²) in [6.45, 7) is 2.52. The Hall–Kier alpha value is -3.06. The Morgan fingerprint density at radius 2 is 1.82 bits per heavy atom. The van der Waals surface area contributed by atoms with Crippen molar-refractivity contribution in [3.63, 3.8) is 0 Å². The number of aryl methyl sites for hydroxylation is 2. The van der Waals surface area contributed by atoms with Crippen molar-refractivity contribution >= 4 is 17.3 Å². The number of ether oxygens (including phenoxy) is 1. The van der Waals surface area contributed by atoms with Gasteiger partial charge in [-0.25, -0.2) is 0 Å². The van der Waals surface area contributed by atoms with Crippen LogP contribution in [0.3, 0.4) is 0 Å². The quantitative estimate of drug-likeness (QED) is 0.626. The molecular weight excluding hydrogens is 420 g/mol. The van der Waals surface area contributed by atoms with Crippen molar-refractivity contribution in [2.45, 2.75) is 50.9 Å². The van der Waals surface area contributed by atoms with Crippen molar-refractivity contribution in [1.82, 2.24) is 10.1 Å². The van der Waals surface area contributed by atoms with Gasteiger partial charge in [-0.05, 0) is 24.3 Å². The topological polar surface area (TPSA) is 89.7 Å². The molecule has 3 aliphatic rings. The van der Waals surface area contributed by atoms with E-state index in [9.17, 15) is 14.4 Å². The van der Waals surface area contributed by atoms with Crippen molar-refractivity contribution in [3.05, 3.63) is 64.2 Å². The summed E-state index contributed by atoms with van der Waals surface area (Å²) < 4.78 is 10.9. The van der Waals surface area contributed by atoms with Crippen LogP contribution in [-0.2, 0) is 27.2 Å². The molecule has 1 aliphatic heterocycles. The number of carbonyl (C=O) groups is 3. The second-order valence-electron chi connectivity index (χ2n) is 8.99. The molecule has 0 N–H and O–H groups in total. The smallest absolute Gasteiger partial charge is 0.168 e. The Balaban J connectivity index is 1.40. The lowest BCUT2D eigenvalue weighted by molar-refractivity contribution is -0.122. The third-order valence-corrected chi connectivity index (χ3v) is 6.89. The van der Waals surface area contributed by atoms with Gasteiger partial charge in [-0.1, -0.05) is 35.5 Å². The fourth-order valence-electron chi connectivity index (χ4n) is 5.20. The van der Waals surface area contributed by atoms with Crippen molar-refractivity contribution in [1.29, 1.82) is 0 Å². The number of hydrogen-bond acceptors (Lipinski definition) is 7. The zero-order valence-electron chi connectivity index (χ0n) is 18.7. The van der Waals surface area contributed by atoms with E-state index in [0.717, 1.165) is 17.7 Å². The number of carbonyl (C=O) groups excluding carboxylic acids is 3. The second-order valence-corrected chi connectivity index (χ2v) is 8.99. The van der Waals surface area contributed by atoms with Crippen LogP contribution in [0.2, 0.25) is 0 Å². The second kappa shape index (κ2) is 9.43. The lowest BCUT2D eigenvalue weighted by atomic mass is 9.79. The average molecular weight is 449 g/mol. The van der Waals surface area contributed by atoms with Crippen LogP contribution in [0.5, 0.6) is 0 Å². The van der Waals surface area contributed by atoms with Crippen LogP contribution < -0.4 is 0 Å². The van der Waals surface area contributed by atoms with Gasteiger partial charge in [0.05, 0.1) is 30.0 Å². The van der Waals surface area contributed by atoms with Gasteiger partial charge in [0, 0.05) is 50.9 Å². The van der Waals surface area contributed by atoms with E-state index in [1.54, 1.807) is 0 Å². The molecule has 2 aliphatic carbocycles. The van der Waals surface area contributed by atoms with E-state index in [4.69, 9.17) is 9.26 Å². The van der Waals surface area contributed by atoms with Crippen LogP contribution >= 0.6 is 0 Å². The number of hydrogen-bond donors (Lipinski definition) is 0. The summed E-state index contributed by atoms with van der Waals surface area (Å²) in [6.07, 6.45) is 3.39. The molecule has 5 rings (SSSR count). The van der Waals surface area contributed by atoms with Crippen molar-refractivity contribution in [2.24, 2.45) is 0 Å². The third kappa shape index (κ3) is 4.42. The molecule has 1 aromatic carbocycles. The Kier molecular flexibility index (Phi) is 6.22. The molecule has 0 amide bonds. The maximum atomic E-state index is 13.4. The Morgan fingerprint density at radius 3 is 2.61 bits per heavy atom. The highest BCUT2D eigenvalue weighted by Crippen LogP contribution is 2.37. The normalized spacial score (nSPS) is 21.3. The summed E-state index contributed by atoms with van der Waals surface area (Å²) in [5, 5.41) is 4.07. The average Bonchev–Trinajstić information content (AvgIpc) is 3.27. The van der Waals surface area contributed by atoms with E-state index >= 15 is 0 Å². The molecule has 0 bridgehead atoms. The summed E-state index contributed by atoms with van der Waals surface area (Å²) in [4.78, 5) is 41.1. The van der Waals surface area contributed by atoms with Crippen molar-refractivity contribution in [3.8, 4) is 0 Å². The molecule has 1 atom stereocenters. The Bertz CT molecular complexity index is 1100. The molecule has 172 valence electrons. The highest BCUT2D eigenvalue weighted by Gasteiger charge is 2.35. The van der Waals surface area contributed by atoms with Crippen LogP contribution in [0.25, 0.3) is 0 Å². The summed E-state index contributed by atoms with van der Waals surface area (Å²) in [7, 11) is 0. The molecule has 33 heavy (non-hydrogen) atoms. The fraction of sp³-hybridized carbons (Fsp3) is 0.462. The number of aromatic nitrogens is 1. The van der Waals surface area contributed by atoms with Crippen LogP contribution in [0.4, 0.5) is 0 Å². The van der Waals surface area contributed by atoms with E-state index in [0.29, 0.717) is 81.0 Å². The molecule has 0 spiro atoms. The SMILES string of the molecule is O=C(CCc1noc2c1C(=O)CCC2)C1=C(N2CCOCC2)CC(c2ccccc2)CC1=O. The number of Topliss-reactive ketones (excluding diaryl/α,β-unsaturated/α-hetero) is 3. The zero-order chi connectivity index (χ0) is 22.8. The third-order valence-electron chi connectivity index (χ3n) is 6.89. The maximum Gasteiger partial charge on any atom is 0.168 e. The lowest BCUT2D eigenvalue weighted by Gasteiger charge is -2.36. The highest BCUT2D eigenvalue weighted by atomic mass is 16.5. The Labute approximate surface area is 192 Å². The first-order chi connectivity index (χ1) is 16.1. The fourth-order valence-corrected chi connectivity index (χ4v) is 5.20. The minimum Gasteiger partial charge on any atom is -0.378 e. The Morgan fingerprint density at radius 1 is 1.03 bits per heavy atom. The molecule has 1 aromatic heterocycles. The first kappa shape index (κ1) is 21.8. The summed E-state index contributed by atoms with van der Waals surface area (Å²) >= 11 is 0. The first-order valence-electron chi connectivity index (χ1n) is 11.8. The van der Waals surface area contributed by atoms with Gasteiger partial charge in [-0.15, -0.1) is 0 Å². The van der Waals surface area contributed by atoms with Gasteiger partial charge in [0.25, 0.3) is 0 Å². The molecule has 0 radical (unpaired) electrons. The van der Waals surface area contributed by atoms with Gasteiger partial charge < -0.3 is 14.2 Å². The number of morpholine rings is 1. The van der Waals surface area contributed by atoms with Crippen molar-refractivity contribution < 1.29 is 23.6 Å². The molecule has 7 nitrogen and oxygen atoms in total. The number of fused-ring (bicyclic) bond motifs is 1. The van der Waals surface area contributed by atoms with Gasteiger partial charge in [-0.2, -0.15) is 0 Å². The minimum atomic E-state index is -0.173. The number of benzene rings is 1. The number of ketones is 3. The number of rotatable bonds is 6. The molecule has 2 aromatic rings. The van der Waals surface area contributed by atoms with E-state index in [2.05, 4.69) is 10.1 Å². The zero-order valence-corrected chi connectivity index (χ0v) is 18.7. The van der Waals surface area contributed by atoms with Crippen LogP contribution in [0, 0.1) is 0 Å². The van der Waals surface area contributed by atoms with Crippen LogP contribution in [-0.4, -0.2) is 53.7 Å². The predicted octanol–water partition coefficient (Wildman–Crippen LogP) is 3.43. The van der Waals surface area contributed by atoms with Gasteiger partial charge in [0.15, 0.2) is 17.3 Å². The molecule has 1 unspecified atom stereocenters. The minimum absolute atomic E-state index is 0.0348. The summed E-state index contributed by atoms with van der Waals surface area (Å²) in [5.74, 6) is 0.454.